The Labute approximate surface area is 144 Å². The number of carbonyl (C=O) groups excluding carboxylic acids is 1. The zero-order valence-corrected chi connectivity index (χ0v) is 15.9. The van der Waals surface area contributed by atoms with Crippen molar-refractivity contribution >= 4 is 5.97 Å². The summed E-state index contributed by atoms with van der Waals surface area (Å²) in [5, 5.41) is 8.64. The van der Waals surface area contributed by atoms with Crippen LogP contribution in [0.15, 0.2) is 0 Å². The van der Waals surface area contributed by atoms with Crippen LogP contribution in [0.5, 0.6) is 0 Å². The Morgan fingerprint density at radius 3 is 1.87 bits per heavy atom. The molecule has 0 aliphatic carbocycles. The second-order valence-corrected chi connectivity index (χ2v) is 7.22. The molecular weight excluding hydrogens is 290 g/mol. The van der Waals surface area contributed by atoms with Gasteiger partial charge in [0.15, 0.2) is 0 Å². The topological polar surface area (TPSA) is 81.5 Å². The molecule has 0 aromatic rings. The van der Waals surface area contributed by atoms with E-state index in [1.54, 1.807) is 0 Å². The van der Waals surface area contributed by atoms with Crippen molar-refractivity contribution in [1.29, 1.82) is 0 Å². The van der Waals surface area contributed by atoms with E-state index in [2.05, 4.69) is 20.8 Å². The van der Waals surface area contributed by atoms with Crippen molar-refractivity contribution < 1.29 is 14.6 Å². The molecular formula is C19H41NO3. The van der Waals surface area contributed by atoms with E-state index < -0.39 is 0 Å². The lowest BCUT2D eigenvalue weighted by Gasteiger charge is -2.23. The Balaban J connectivity index is 0. The van der Waals surface area contributed by atoms with Crippen LogP contribution in [0.1, 0.15) is 97.8 Å². The van der Waals surface area contributed by atoms with E-state index in [-0.39, 0.29) is 30.7 Å². The summed E-state index contributed by atoms with van der Waals surface area (Å²) in [5.41, 5.74) is 0.00664. The second-order valence-electron chi connectivity index (χ2n) is 7.22. The van der Waals surface area contributed by atoms with E-state index in [1.165, 1.54) is 64.2 Å². The normalized spacial score (nSPS) is 11.1. The lowest BCUT2D eigenvalue weighted by Crippen LogP contribution is -2.20. The zero-order valence-electron chi connectivity index (χ0n) is 15.9. The number of hydrogen-bond donors (Lipinski definition) is 2. The van der Waals surface area contributed by atoms with Crippen LogP contribution in [0.2, 0.25) is 0 Å². The van der Waals surface area contributed by atoms with Crippen molar-refractivity contribution in [3.05, 3.63) is 0 Å². The van der Waals surface area contributed by atoms with Crippen molar-refractivity contribution in [3.8, 4) is 0 Å². The van der Waals surface area contributed by atoms with Crippen LogP contribution in [0.3, 0.4) is 0 Å². The molecule has 0 aliphatic heterocycles. The Kier molecular flexibility index (Phi) is 17.4. The lowest BCUT2D eigenvalue weighted by molar-refractivity contribution is -0.147. The summed E-state index contributed by atoms with van der Waals surface area (Å²) in [5.74, 6) is -0.189. The van der Waals surface area contributed by atoms with Crippen molar-refractivity contribution in [3.63, 3.8) is 0 Å². The maximum Gasteiger partial charge on any atom is 0.306 e. The van der Waals surface area contributed by atoms with E-state index in [1.807, 2.05) is 0 Å². The summed E-state index contributed by atoms with van der Waals surface area (Å²) in [6.07, 6.45) is 14.9. The second kappa shape index (κ2) is 16.3. The third kappa shape index (κ3) is 17.6. The van der Waals surface area contributed by atoms with Gasteiger partial charge in [-0.1, -0.05) is 85.0 Å². The standard InChI is InChI=1S/C19H38O3.H3N/c1-4-5-6-7-8-9-10-11-12-13-14-19(2,3)17-18(21)22-16-15-20;/h20H,4-17H2,1-3H3;1H3. The van der Waals surface area contributed by atoms with Gasteiger partial charge in [-0.15, -0.1) is 0 Å². The third-order valence-electron chi connectivity index (χ3n) is 4.18. The summed E-state index contributed by atoms with van der Waals surface area (Å²) >= 11 is 0. The fraction of sp³-hybridized carbons (Fsp3) is 0.947. The molecule has 0 amide bonds. The number of esters is 1. The highest BCUT2D eigenvalue weighted by Crippen LogP contribution is 2.28. The first kappa shape index (κ1) is 24.6. The molecule has 23 heavy (non-hydrogen) atoms. The number of hydrogen-bond acceptors (Lipinski definition) is 4. The number of carbonyl (C=O) groups is 1. The average molecular weight is 332 g/mol. The molecule has 4 N–H and O–H groups in total. The van der Waals surface area contributed by atoms with Crippen LogP contribution in [0, 0.1) is 5.41 Å². The highest BCUT2D eigenvalue weighted by molar-refractivity contribution is 5.70. The highest BCUT2D eigenvalue weighted by atomic mass is 16.5. The van der Waals surface area contributed by atoms with Crippen LogP contribution in [0.4, 0.5) is 0 Å². The van der Waals surface area contributed by atoms with Crippen LogP contribution in [0.25, 0.3) is 0 Å². The number of aliphatic hydroxyl groups is 1. The summed E-state index contributed by atoms with van der Waals surface area (Å²) in [6.45, 7) is 6.54. The Morgan fingerprint density at radius 2 is 1.39 bits per heavy atom. The predicted octanol–water partition coefficient (Wildman–Crippen LogP) is 5.41. The quantitative estimate of drug-likeness (QED) is 0.310. The van der Waals surface area contributed by atoms with Gasteiger partial charge in [0.2, 0.25) is 0 Å². The molecule has 0 rings (SSSR count). The first-order chi connectivity index (χ1) is 10.5. The summed E-state index contributed by atoms with van der Waals surface area (Å²) in [6, 6.07) is 0. The van der Waals surface area contributed by atoms with Crippen LogP contribution < -0.4 is 6.15 Å². The number of aliphatic hydroxyl groups excluding tert-OH is 1. The zero-order chi connectivity index (χ0) is 16.7. The van der Waals surface area contributed by atoms with Gasteiger partial charge in [0.25, 0.3) is 0 Å². The molecule has 0 aliphatic rings. The summed E-state index contributed by atoms with van der Waals surface area (Å²) < 4.78 is 4.94. The molecule has 0 spiro atoms. The average Bonchev–Trinajstić information content (AvgIpc) is 2.46. The lowest BCUT2D eigenvalue weighted by atomic mass is 9.83. The van der Waals surface area contributed by atoms with E-state index in [9.17, 15) is 4.79 Å². The Bertz CT molecular complexity index is 267. The number of ether oxygens (including phenoxy) is 1. The number of unbranched alkanes of at least 4 members (excludes halogenated alkanes) is 9. The minimum atomic E-state index is -0.189. The molecule has 0 bridgehead atoms. The van der Waals surface area contributed by atoms with E-state index in [0.717, 1.165) is 6.42 Å². The fourth-order valence-corrected chi connectivity index (χ4v) is 2.78. The highest BCUT2D eigenvalue weighted by Gasteiger charge is 2.22. The van der Waals surface area contributed by atoms with E-state index in [4.69, 9.17) is 9.84 Å². The van der Waals surface area contributed by atoms with Gasteiger partial charge in [-0.05, 0) is 11.8 Å². The molecule has 140 valence electrons. The molecule has 0 fully saturated rings. The van der Waals surface area contributed by atoms with Gasteiger partial charge in [0, 0.05) is 0 Å². The maximum absolute atomic E-state index is 11.6. The van der Waals surface area contributed by atoms with Crippen molar-refractivity contribution in [2.45, 2.75) is 97.8 Å². The van der Waals surface area contributed by atoms with Gasteiger partial charge in [-0.3, -0.25) is 4.79 Å². The van der Waals surface area contributed by atoms with Gasteiger partial charge >= 0.3 is 5.97 Å². The molecule has 0 radical (unpaired) electrons. The fourth-order valence-electron chi connectivity index (χ4n) is 2.78. The molecule has 0 saturated heterocycles. The van der Waals surface area contributed by atoms with Gasteiger partial charge < -0.3 is 16.0 Å². The van der Waals surface area contributed by atoms with Crippen molar-refractivity contribution in [2.75, 3.05) is 13.2 Å². The van der Waals surface area contributed by atoms with Gasteiger partial charge in [-0.2, -0.15) is 0 Å². The Morgan fingerprint density at radius 1 is 0.913 bits per heavy atom. The maximum atomic E-state index is 11.6. The first-order valence-electron chi connectivity index (χ1n) is 9.28. The molecule has 4 heteroatoms. The first-order valence-corrected chi connectivity index (χ1v) is 9.28. The summed E-state index contributed by atoms with van der Waals surface area (Å²) in [7, 11) is 0. The molecule has 0 saturated carbocycles. The minimum absolute atomic E-state index is 0. The van der Waals surface area contributed by atoms with Gasteiger partial charge in [0.05, 0.1) is 13.0 Å². The van der Waals surface area contributed by atoms with E-state index >= 15 is 0 Å². The largest absolute Gasteiger partial charge is 0.463 e. The molecule has 0 aromatic heterocycles. The third-order valence-corrected chi connectivity index (χ3v) is 4.18. The molecule has 0 aromatic carbocycles. The molecule has 0 heterocycles. The van der Waals surface area contributed by atoms with Crippen LogP contribution in [-0.4, -0.2) is 24.3 Å². The van der Waals surface area contributed by atoms with Crippen molar-refractivity contribution in [1.82, 2.24) is 6.15 Å². The minimum Gasteiger partial charge on any atom is -0.463 e. The molecule has 4 nitrogen and oxygen atoms in total. The van der Waals surface area contributed by atoms with Crippen LogP contribution in [-0.2, 0) is 9.53 Å². The van der Waals surface area contributed by atoms with Crippen molar-refractivity contribution in [2.24, 2.45) is 5.41 Å². The number of rotatable bonds is 15. The summed E-state index contributed by atoms with van der Waals surface area (Å²) in [4.78, 5) is 11.6. The monoisotopic (exact) mass is 331 g/mol. The van der Waals surface area contributed by atoms with Crippen LogP contribution >= 0.6 is 0 Å². The predicted molar refractivity (Wildman–Crippen MR) is 97.9 cm³/mol. The van der Waals surface area contributed by atoms with Gasteiger partial charge in [0.1, 0.15) is 6.61 Å². The van der Waals surface area contributed by atoms with E-state index in [0.29, 0.717) is 6.42 Å². The molecule has 0 atom stereocenters. The Hall–Kier alpha value is -0.610. The SMILES string of the molecule is CCCCCCCCCCCCC(C)(C)CC(=O)OCCO.N. The van der Waals surface area contributed by atoms with Gasteiger partial charge in [-0.25, -0.2) is 0 Å². The smallest absolute Gasteiger partial charge is 0.306 e. The molecule has 0 unspecified atom stereocenters.